The second-order valence-corrected chi connectivity index (χ2v) is 12.9. The minimum absolute atomic E-state index is 0.0746. The molecule has 0 saturated heterocycles. The summed E-state index contributed by atoms with van der Waals surface area (Å²) >= 11 is 0. The molecule has 0 spiro atoms. The molecule has 3 aromatic carbocycles. The lowest BCUT2D eigenvalue weighted by atomic mass is 9.84. The monoisotopic (exact) mass is 600 g/mol. The van der Waals surface area contributed by atoms with Gasteiger partial charge in [-0.1, -0.05) is 75.4 Å². The summed E-state index contributed by atoms with van der Waals surface area (Å²) < 4.78 is 43.3. The molecule has 1 aliphatic rings. The van der Waals surface area contributed by atoms with Gasteiger partial charge < -0.3 is 9.64 Å². The zero-order valence-electron chi connectivity index (χ0n) is 26.2. The highest BCUT2D eigenvalue weighted by Gasteiger charge is 2.30. The molecule has 1 aromatic heterocycles. The van der Waals surface area contributed by atoms with Crippen molar-refractivity contribution in [3.05, 3.63) is 105 Å². The number of halogens is 3. The number of carbonyl (C=O) groups excluding carboxylic acids is 1. The van der Waals surface area contributed by atoms with E-state index in [1.807, 2.05) is 24.3 Å². The number of pyridine rings is 1. The van der Waals surface area contributed by atoms with E-state index in [1.54, 1.807) is 37.9 Å². The van der Waals surface area contributed by atoms with E-state index in [1.165, 1.54) is 5.56 Å². The molecule has 1 amide bonds. The maximum Gasteiger partial charge on any atom is 0.422 e. The first-order chi connectivity index (χ1) is 20.7. The van der Waals surface area contributed by atoms with Gasteiger partial charge in [0.05, 0.1) is 16.8 Å². The fourth-order valence-corrected chi connectivity index (χ4v) is 6.05. The van der Waals surface area contributed by atoms with Gasteiger partial charge in [0.25, 0.3) is 5.91 Å². The van der Waals surface area contributed by atoms with Crippen LogP contribution in [0.3, 0.4) is 0 Å². The molecule has 0 fully saturated rings. The van der Waals surface area contributed by atoms with E-state index in [4.69, 9.17) is 9.72 Å². The number of aromatic nitrogens is 1. The maximum atomic E-state index is 14.2. The number of ether oxygens (including phenoxy) is 1. The average molecular weight is 601 g/mol. The number of aryl methyl sites for hydroxylation is 2. The van der Waals surface area contributed by atoms with Gasteiger partial charge in [0, 0.05) is 19.0 Å². The summed E-state index contributed by atoms with van der Waals surface area (Å²) in [5.74, 6) is 0.116. The SMILES string of the molecule is Cc1cc(CN(C)C(=O)c2c3c(nc4ccccc24)/C(=C\c2ccc(C(C)(C)C)cc2)CCC3)cc(C)c1OCC(F)(F)F. The summed E-state index contributed by atoms with van der Waals surface area (Å²) in [6.45, 7) is 9.01. The zero-order chi connectivity index (χ0) is 31.8. The van der Waals surface area contributed by atoms with Crippen LogP contribution < -0.4 is 4.74 Å². The van der Waals surface area contributed by atoms with Gasteiger partial charge in [-0.2, -0.15) is 13.2 Å². The van der Waals surface area contributed by atoms with E-state index in [0.717, 1.165) is 58.1 Å². The van der Waals surface area contributed by atoms with Crippen LogP contribution in [-0.2, 0) is 18.4 Å². The third-order valence-corrected chi connectivity index (χ3v) is 8.17. The quantitative estimate of drug-likeness (QED) is 0.222. The van der Waals surface area contributed by atoms with E-state index in [-0.39, 0.29) is 17.1 Å². The average Bonchev–Trinajstić information content (AvgIpc) is 2.94. The predicted octanol–water partition coefficient (Wildman–Crippen LogP) is 9.24. The first-order valence-corrected chi connectivity index (χ1v) is 15.0. The molecule has 0 N–H and O–H groups in total. The molecule has 5 rings (SSSR count). The van der Waals surface area contributed by atoms with Gasteiger partial charge >= 0.3 is 6.18 Å². The molecular formula is C37H39F3N2O2. The number of nitrogens with zero attached hydrogens (tertiary/aromatic N) is 2. The Labute approximate surface area is 257 Å². The van der Waals surface area contributed by atoms with Crippen LogP contribution in [0.25, 0.3) is 22.6 Å². The van der Waals surface area contributed by atoms with Gasteiger partial charge in [0.2, 0.25) is 0 Å². The molecule has 4 aromatic rings. The van der Waals surface area contributed by atoms with Crippen LogP contribution in [0.1, 0.15) is 83.0 Å². The summed E-state index contributed by atoms with van der Waals surface area (Å²) in [6, 6.07) is 20.0. The minimum atomic E-state index is -4.41. The topological polar surface area (TPSA) is 42.4 Å². The van der Waals surface area contributed by atoms with Crippen molar-refractivity contribution in [1.29, 1.82) is 0 Å². The van der Waals surface area contributed by atoms with Gasteiger partial charge in [-0.05, 0) is 89.6 Å². The molecule has 230 valence electrons. The van der Waals surface area contributed by atoms with Gasteiger partial charge in [-0.15, -0.1) is 0 Å². The number of rotatable bonds is 6. The van der Waals surface area contributed by atoms with Crippen molar-refractivity contribution >= 4 is 28.5 Å². The smallest absolute Gasteiger partial charge is 0.422 e. The highest BCUT2D eigenvalue weighted by atomic mass is 19.4. The first-order valence-electron chi connectivity index (χ1n) is 15.0. The van der Waals surface area contributed by atoms with Crippen molar-refractivity contribution in [2.45, 2.75) is 72.0 Å². The van der Waals surface area contributed by atoms with Gasteiger partial charge in [0.1, 0.15) is 5.75 Å². The number of carbonyl (C=O) groups is 1. The molecule has 1 aliphatic carbocycles. The highest BCUT2D eigenvalue weighted by molar-refractivity contribution is 6.09. The number of fused-ring (bicyclic) bond motifs is 2. The van der Waals surface area contributed by atoms with Crippen molar-refractivity contribution in [2.75, 3.05) is 13.7 Å². The zero-order valence-corrected chi connectivity index (χ0v) is 26.2. The van der Waals surface area contributed by atoms with Crippen LogP contribution in [0.4, 0.5) is 13.2 Å². The van der Waals surface area contributed by atoms with Crippen LogP contribution >= 0.6 is 0 Å². The Balaban J connectivity index is 1.48. The summed E-state index contributed by atoms with van der Waals surface area (Å²) in [5, 5.41) is 0.821. The Morgan fingerprint density at radius 1 is 0.977 bits per heavy atom. The van der Waals surface area contributed by atoms with Crippen LogP contribution in [0, 0.1) is 13.8 Å². The van der Waals surface area contributed by atoms with Crippen molar-refractivity contribution < 1.29 is 22.7 Å². The van der Waals surface area contributed by atoms with E-state index in [0.29, 0.717) is 23.2 Å². The van der Waals surface area contributed by atoms with E-state index >= 15 is 0 Å². The number of amides is 1. The number of benzene rings is 3. The molecular weight excluding hydrogens is 561 g/mol. The summed E-state index contributed by atoms with van der Waals surface area (Å²) in [5.41, 5.74) is 8.88. The third kappa shape index (κ3) is 6.82. The first kappa shape index (κ1) is 31.3. The molecule has 0 atom stereocenters. The van der Waals surface area contributed by atoms with Crippen molar-refractivity contribution in [3.8, 4) is 5.75 Å². The number of hydrogen-bond acceptors (Lipinski definition) is 3. The molecule has 0 radical (unpaired) electrons. The van der Waals surface area contributed by atoms with Gasteiger partial charge in [-0.3, -0.25) is 4.79 Å². The van der Waals surface area contributed by atoms with Crippen molar-refractivity contribution in [1.82, 2.24) is 9.88 Å². The molecule has 7 heteroatoms. The van der Waals surface area contributed by atoms with Crippen LogP contribution in [0.15, 0.2) is 60.7 Å². The molecule has 0 aliphatic heterocycles. The fraction of sp³-hybridized carbons (Fsp3) is 0.351. The molecule has 44 heavy (non-hydrogen) atoms. The molecule has 0 saturated carbocycles. The second-order valence-electron chi connectivity index (χ2n) is 12.9. The normalized spacial score (nSPS) is 14.5. The van der Waals surface area contributed by atoms with Gasteiger partial charge in [-0.25, -0.2) is 4.98 Å². The molecule has 0 bridgehead atoms. The maximum absolute atomic E-state index is 14.2. The van der Waals surface area contributed by atoms with Gasteiger partial charge in [0.15, 0.2) is 6.61 Å². The van der Waals surface area contributed by atoms with Crippen LogP contribution in [0.2, 0.25) is 0 Å². The Kier molecular flexibility index (Phi) is 8.61. The summed E-state index contributed by atoms with van der Waals surface area (Å²) in [7, 11) is 1.76. The van der Waals surface area contributed by atoms with Crippen LogP contribution in [-0.4, -0.2) is 35.6 Å². The minimum Gasteiger partial charge on any atom is -0.484 e. The summed E-state index contributed by atoms with van der Waals surface area (Å²) in [4.78, 5) is 21.0. The van der Waals surface area contributed by atoms with Crippen molar-refractivity contribution in [3.63, 3.8) is 0 Å². The number of allylic oxidation sites excluding steroid dienone is 1. The largest absolute Gasteiger partial charge is 0.484 e. The number of para-hydroxylation sites is 1. The lowest BCUT2D eigenvalue weighted by molar-refractivity contribution is -0.153. The van der Waals surface area contributed by atoms with Crippen LogP contribution in [0.5, 0.6) is 5.75 Å². The number of alkyl halides is 3. The Bertz CT molecular complexity index is 1710. The highest BCUT2D eigenvalue weighted by Crippen LogP contribution is 2.37. The van der Waals surface area contributed by atoms with E-state index in [2.05, 4.69) is 51.1 Å². The standard InChI is InChI=1S/C37H39F3N2O2/c1-23-18-26(19-24(2)34(23)44-22-37(38,39)40)21-42(6)35(43)32-29-11-7-8-13-31(29)41-33-27(10-9-12-30(32)33)20-25-14-16-28(17-15-25)36(3,4)5/h7-8,11,13-20H,9-10,12,21-22H2,1-6H3/b27-20-. The van der Waals surface area contributed by atoms with E-state index in [9.17, 15) is 18.0 Å². The molecule has 4 nitrogen and oxygen atoms in total. The Hall–Kier alpha value is -4.13. The Morgan fingerprint density at radius 2 is 1.64 bits per heavy atom. The Morgan fingerprint density at radius 3 is 2.27 bits per heavy atom. The third-order valence-electron chi connectivity index (χ3n) is 8.17. The van der Waals surface area contributed by atoms with E-state index < -0.39 is 12.8 Å². The fourth-order valence-electron chi connectivity index (χ4n) is 6.05. The van der Waals surface area contributed by atoms with Crippen molar-refractivity contribution in [2.24, 2.45) is 0 Å². The second kappa shape index (κ2) is 12.1. The lowest BCUT2D eigenvalue weighted by Gasteiger charge is -2.26. The molecule has 0 unspecified atom stereocenters. The summed E-state index contributed by atoms with van der Waals surface area (Å²) in [6.07, 6.45) is 0.331. The number of hydrogen-bond donors (Lipinski definition) is 0. The predicted molar refractivity (Wildman–Crippen MR) is 171 cm³/mol. The lowest BCUT2D eigenvalue weighted by Crippen LogP contribution is -2.28. The molecule has 1 heterocycles.